The van der Waals surface area contributed by atoms with E-state index in [2.05, 4.69) is 40.9 Å². The summed E-state index contributed by atoms with van der Waals surface area (Å²) in [5.74, 6) is -2.77. The first kappa shape index (κ1) is 43.7. The molecule has 2 saturated heterocycles. The topological polar surface area (TPSA) is 211 Å². The molecule has 4 aliphatic rings. The Morgan fingerprint density at radius 2 is 1.75 bits per heavy atom. The van der Waals surface area contributed by atoms with Gasteiger partial charge in [-0.25, -0.2) is 14.6 Å². The zero-order valence-corrected chi connectivity index (χ0v) is 34.8. The van der Waals surface area contributed by atoms with Crippen molar-refractivity contribution in [1.82, 2.24) is 10.1 Å². The number of esters is 3. The zero-order valence-electron chi connectivity index (χ0n) is 33.9. The second kappa shape index (κ2) is 18.0. The molecule has 0 aromatic heterocycles. The van der Waals surface area contributed by atoms with E-state index in [0.717, 1.165) is 5.56 Å². The molecular weight excluding hydrogens is 759 g/mol. The Balaban J connectivity index is 1.54. The van der Waals surface area contributed by atoms with Crippen LogP contribution >= 0.6 is 7.75 Å². The Morgan fingerprint density at radius 1 is 1.07 bits per heavy atom. The minimum absolute atomic E-state index is 0.173. The summed E-state index contributed by atoms with van der Waals surface area (Å²) in [6.45, 7) is 14.4. The van der Waals surface area contributed by atoms with Gasteiger partial charge in [0.25, 0.3) is 0 Å². The van der Waals surface area contributed by atoms with E-state index in [1.807, 2.05) is 12.1 Å². The van der Waals surface area contributed by atoms with E-state index in [9.17, 15) is 18.9 Å². The number of aliphatic imine (C=N–C) groups is 2. The molecule has 57 heavy (non-hydrogen) atoms. The summed E-state index contributed by atoms with van der Waals surface area (Å²) in [4.78, 5) is 48.5. The average molecular weight is 815 g/mol. The van der Waals surface area contributed by atoms with E-state index in [1.165, 1.54) is 26.5 Å². The van der Waals surface area contributed by atoms with Gasteiger partial charge in [-0.1, -0.05) is 72.8 Å². The number of hydrazone groups is 1. The van der Waals surface area contributed by atoms with Crippen molar-refractivity contribution in [3.63, 3.8) is 0 Å². The van der Waals surface area contributed by atoms with Crippen molar-refractivity contribution >= 4 is 44.0 Å². The van der Waals surface area contributed by atoms with Gasteiger partial charge in [0.05, 0.1) is 31.7 Å². The molecule has 17 nitrogen and oxygen atoms in total. The van der Waals surface area contributed by atoms with Gasteiger partial charge in [0.2, 0.25) is 0 Å². The SMILES string of the molecule is CN=C[C@@]1(C2C=CC=C3C(N)=NC=NN32)O[C@H](COP(=O)(N[C@@H](C)C(=O)O[C@H]2CCOC2)Oc2ccc(C(C)(C)C)cc2)[C@@H](OC(=O)C(C)C)[C@H]1OC(=O)C(C)C. The quantitative estimate of drug-likeness (QED) is 0.110. The van der Waals surface area contributed by atoms with Crippen LogP contribution in [0, 0.1) is 11.8 Å². The van der Waals surface area contributed by atoms with Gasteiger partial charge in [-0.05, 0) is 36.1 Å². The number of fused-ring (bicyclic) bond motifs is 1. The number of nitrogens with two attached hydrogens (primary N) is 1. The number of nitrogens with zero attached hydrogens (tertiary/aromatic N) is 4. The highest BCUT2D eigenvalue weighted by Crippen LogP contribution is 2.48. The average Bonchev–Trinajstić information content (AvgIpc) is 3.76. The smallest absolute Gasteiger partial charge is 0.459 e. The fourth-order valence-corrected chi connectivity index (χ4v) is 7.95. The molecule has 0 aliphatic carbocycles. The first-order chi connectivity index (χ1) is 26.9. The van der Waals surface area contributed by atoms with E-state index in [4.69, 9.17) is 38.5 Å². The number of nitrogens with one attached hydrogen (secondary N) is 1. The van der Waals surface area contributed by atoms with Crippen molar-refractivity contribution in [3.8, 4) is 5.75 Å². The molecule has 2 fully saturated rings. The first-order valence-electron chi connectivity index (χ1n) is 19.0. The summed E-state index contributed by atoms with van der Waals surface area (Å²) in [5.41, 5.74) is 5.80. The highest BCUT2D eigenvalue weighted by atomic mass is 31.2. The number of hydrogen-bond donors (Lipinski definition) is 2. The Labute approximate surface area is 333 Å². The van der Waals surface area contributed by atoms with E-state index < -0.39 is 86.2 Å². The Kier molecular flexibility index (Phi) is 13.8. The van der Waals surface area contributed by atoms with Crippen LogP contribution < -0.4 is 15.3 Å². The third-order valence-electron chi connectivity index (χ3n) is 9.62. The minimum Gasteiger partial charge on any atom is -0.459 e. The second-order valence-corrected chi connectivity index (χ2v) is 17.6. The summed E-state index contributed by atoms with van der Waals surface area (Å²) < 4.78 is 57.0. The largest absolute Gasteiger partial charge is 0.459 e. The number of ether oxygens (including phenoxy) is 5. The Hall–Kier alpha value is -4.41. The number of allylic oxidation sites excluding steroid dienone is 2. The molecule has 8 atom stereocenters. The van der Waals surface area contributed by atoms with Crippen LogP contribution in [0.15, 0.2) is 63.3 Å². The molecule has 5 rings (SSSR count). The normalized spacial score (nSPS) is 27.5. The van der Waals surface area contributed by atoms with Gasteiger partial charge >= 0.3 is 25.7 Å². The van der Waals surface area contributed by atoms with Crippen LogP contribution in [-0.4, -0.2) is 110 Å². The number of benzene rings is 1. The summed E-state index contributed by atoms with van der Waals surface area (Å²) >= 11 is 0. The fourth-order valence-electron chi connectivity index (χ4n) is 6.45. The molecule has 18 heteroatoms. The molecule has 1 aromatic carbocycles. The molecular formula is C39H55N6O11P. The van der Waals surface area contributed by atoms with Gasteiger partial charge in [0.1, 0.15) is 42.1 Å². The van der Waals surface area contributed by atoms with Gasteiger partial charge in [-0.3, -0.25) is 23.9 Å². The molecule has 312 valence electrons. The molecule has 0 radical (unpaired) electrons. The molecule has 3 N–H and O–H groups in total. The number of rotatable bonds is 15. The van der Waals surface area contributed by atoms with Crippen LogP contribution in [0.2, 0.25) is 0 Å². The molecule has 1 aromatic rings. The first-order valence-corrected chi connectivity index (χ1v) is 20.6. The summed E-state index contributed by atoms with van der Waals surface area (Å²) in [5, 5.41) is 8.72. The standard InChI is InChI=1S/C39H55N6O11P/c1-23(2)35(46)53-32-30(55-39(21-41-9,33(32)54-36(47)24(3)4)31-12-10-11-29-34(40)42-22-43-45(29)31)20-51-57(49,44-25(5)37(48)52-28-17-18-50-19-28)56-27-15-13-26(14-16-27)38(6,7)8/h10-16,21-25,28,30-33H,17-20H2,1-9H3,(H,44,49)(H2,40,42,43)/t25-,28-,30+,31?,32+,33+,39-,57?/m0/s1. The summed E-state index contributed by atoms with van der Waals surface area (Å²) in [6.07, 6.45) is 4.03. The van der Waals surface area contributed by atoms with Gasteiger partial charge < -0.3 is 33.9 Å². The van der Waals surface area contributed by atoms with Crippen LogP contribution in [-0.2, 0) is 52.6 Å². The van der Waals surface area contributed by atoms with Crippen LogP contribution in [0.1, 0.15) is 67.4 Å². The van der Waals surface area contributed by atoms with Gasteiger partial charge in [0.15, 0.2) is 23.6 Å². The van der Waals surface area contributed by atoms with Crippen molar-refractivity contribution in [2.75, 3.05) is 26.9 Å². The lowest BCUT2D eigenvalue weighted by Crippen LogP contribution is -2.61. The molecule has 4 heterocycles. The second-order valence-electron chi connectivity index (χ2n) is 15.9. The maximum atomic E-state index is 14.8. The van der Waals surface area contributed by atoms with Crippen molar-refractivity contribution in [2.45, 2.75) is 109 Å². The number of hydrogen-bond acceptors (Lipinski definition) is 16. The van der Waals surface area contributed by atoms with E-state index in [1.54, 1.807) is 63.1 Å². The lowest BCUT2D eigenvalue weighted by Gasteiger charge is -2.43. The van der Waals surface area contributed by atoms with Gasteiger partial charge in [-0.15, -0.1) is 0 Å². The lowest BCUT2D eigenvalue weighted by molar-refractivity contribution is -0.173. The minimum atomic E-state index is -4.50. The Bertz CT molecular complexity index is 1830. The molecule has 2 unspecified atom stereocenters. The van der Waals surface area contributed by atoms with E-state index in [-0.39, 0.29) is 23.6 Å². The van der Waals surface area contributed by atoms with Crippen LogP contribution in [0.4, 0.5) is 0 Å². The third-order valence-corrected chi connectivity index (χ3v) is 11.3. The monoisotopic (exact) mass is 814 g/mol. The number of amidine groups is 1. The predicted molar refractivity (Wildman–Crippen MR) is 212 cm³/mol. The van der Waals surface area contributed by atoms with Crippen molar-refractivity contribution < 1.29 is 51.7 Å². The maximum Gasteiger partial charge on any atom is 0.459 e. The molecule has 0 amide bonds. The van der Waals surface area contributed by atoms with Crippen molar-refractivity contribution in [3.05, 3.63) is 53.8 Å². The van der Waals surface area contributed by atoms with Gasteiger partial charge in [0, 0.05) is 19.7 Å². The molecule has 0 bridgehead atoms. The molecule has 0 saturated carbocycles. The van der Waals surface area contributed by atoms with Crippen molar-refractivity contribution in [2.24, 2.45) is 32.7 Å². The third kappa shape index (κ3) is 10.2. The van der Waals surface area contributed by atoms with E-state index in [0.29, 0.717) is 18.7 Å². The Morgan fingerprint density at radius 3 is 2.37 bits per heavy atom. The maximum absolute atomic E-state index is 14.8. The number of carbonyl (C=O) groups excluding carboxylic acids is 3. The zero-order chi connectivity index (χ0) is 41.7. The summed E-state index contributed by atoms with van der Waals surface area (Å²) in [7, 11) is -2.99. The molecule has 0 spiro atoms. The highest BCUT2D eigenvalue weighted by molar-refractivity contribution is 7.52. The molecule has 4 aliphatic heterocycles. The summed E-state index contributed by atoms with van der Waals surface area (Å²) in [6, 6.07) is 4.92. The van der Waals surface area contributed by atoms with Crippen molar-refractivity contribution in [1.29, 1.82) is 0 Å². The number of carbonyl (C=O) groups is 3. The lowest BCUT2D eigenvalue weighted by atomic mass is 9.85. The van der Waals surface area contributed by atoms with Crippen LogP contribution in [0.5, 0.6) is 5.75 Å². The van der Waals surface area contributed by atoms with E-state index >= 15 is 0 Å². The highest BCUT2D eigenvalue weighted by Gasteiger charge is 2.64. The van der Waals surface area contributed by atoms with Gasteiger partial charge in [-0.2, -0.15) is 10.2 Å². The van der Waals surface area contributed by atoms with Crippen LogP contribution in [0.3, 0.4) is 0 Å². The predicted octanol–water partition coefficient (Wildman–Crippen LogP) is 4.21. The van der Waals surface area contributed by atoms with Crippen LogP contribution in [0.25, 0.3) is 0 Å². The fraction of sp³-hybridized carbons (Fsp3) is 0.590.